The predicted molar refractivity (Wildman–Crippen MR) is 101 cm³/mol. The number of rotatable bonds is 6. The summed E-state index contributed by atoms with van der Waals surface area (Å²) in [5.41, 5.74) is 2.79. The van der Waals surface area contributed by atoms with Gasteiger partial charge < -0.3 is 5.32 Å². The Hall–Kier alpha value is -2.67. The first kappa shape index (κ1) is 18.1. The number of amides is 1. The molecule has 0 unspecified atom stereocenters. The summed E-state index contributed by atoms with van der Waals surface area (Å²) >= 11 is 0. The highest BCUT2D eigenvalue weighted by atomic mass is 32.2. The Labute approximate surface area is 152 Å². The van der Waals surface area contributed by atoms with E-state index in [0.717, 1.165) is 5.56 Å². The number of para-hydroxylation sites is 1. The van der Waals surface area contributed by atoms with Crippen LogP contribution in [0.1, 0.15) is 29.3 Å². The molecule has 1 amide bonds. The van der Waals surface area contributed by atoms with Crippen molar-refractivity contribution in [3.63, 3.8) is 0 Å². The smallest absolute Gasteiger partial charge is 0.235 e. The van der Waals surface area contributed by atoms with Crippen molar-refractivity contribution in [1.29, 1.82) is 0 Å². The van der Waals surface area contributed by atoms with E-state index in [9.17, 15) is 18.0 Å². The summed E-state index contributed by atoms with van der Waals surface area (Å²) in [4.78, 5) is 23.3. The maximum atomic E-state index is 12.6. The molecule has 1 aliphatic rings. The highest BCUT2D eigenvalue weighted by Gasteiger charge is 2.29. The zero-order valence-corrected chi connectivity index (χ0v) is 15.3. The molecule has 1 heterocycles. The average molecular weight is 372 g/mol. The number of ketones is 1. The molecule has 0 fully saturated rings. The molecule has 6 nitrogen and oxygen atoms in total. The molecule has 0 bridgehead atoms. The van der Waals surface area contributed by atoms with Crippen molar-refractivity contribution in [3.8, 4) is 0 Å². The number of hydrogen-bond donors (Lipinski definition) is 1. The van der Waals surface area contributed by atoms with Gasteiger partial charge in [-0.2, -0.15) is 0 Å². The van der Waals surface area contributed by atoms with Crippen molar-refractivity contribution in [2.45, 2.75) is 19.8 Å². The van der Waals surface area contributed by atoms with Gasteiger partial charge in [-0.1, -0.05) is 18.2 Å². The summed E-state index contributed by atoms with van der Waals surface area (Å²) in [5.74, 6) is -0.685. The van der Waals surface area contributed by atoms with Gasteiger partial charge in [0.05, 0.1) is 11.4 Å². The third-order valence-electron chi connectivity index (χ3n) is 4.34. The Kier molecular flexibility index (Phi) is 5.08. The SMILES string of the molecule is CC(=O)c1ccc(NC(=O)CCS(=O)(=O)N2CCc3ccccc32)cc1. The fourth-order valence-corrected chi connectivity index (χ4v) is 4.45. The van der Waals surface area contributed by atoms with Crippen LogP contribution in [0.5, 0.6) is 0 Å². The lowest BCUT2D eigenvalue weighted by Crippen LogP contribution is -2.32. The lowest BCUT2D eigenvalue weighted by atomic mass is 10.1. The van der Waals surface area contributed by atoms with Crippen molar-refractivity contribution in [1.82, 2.24) is 0 Å². The lowest BCUT2D eigenvalue weighted by Gasteiger charge is -2.19. The maximum Gasteiger partial charge on any atom is 0.235 e. The fourth-order valence-electron chi connectivity index (χ4n) is 2.94. The number of carbonyl (C=O) groups excluding carboxylic acids is 2. The molecule has 26 heavy (non-hydrogen) atoms. The summed E-state index contributed by atoms with van der Waals surface area (Å²) in [6.07, 6.45) is 0.555. The van der Waals surface area contributed by atoms with Crippen molar-refractivity contribution >= 4 is 33.1 Å². The second-order valence-corrected chi connectivity index (χ2v) is 8.21. The van der Waals surface area contributed by atoms with Crippen molar-refractivity contribution < 1.29 is 18.0 Å². The molecule has 0 spiro atoms. The molecule has 2 aromatic carbocycles. The second kappa shape index (κ2) is 7.29. The molecule has 0 aliphatic carbocycles. The lowest BCUT2D eigenvalue weighted by molar-refractivity contribution is -0.115. The van der Waals surface area contributed by atoms with Gasteiger partial charge in [-0.05, 0) is 49.2 Å². The average Bonchev–Trinajstić information content (AvgIpc) is 3.05. The number of anilines is 2. The molecule has 0 saturated heterocycles. The van der Waals surface area contributed by atoms with Crippen LogP contribution in [0.2, 0.25) is 0 Å². The van der Waals surface area contributed by atoms with E-state index in [1.54, 1.807) is 30.3 Å². The highest BCUT2D eigenvalue weighted by molar-refractivity contribution is 7.92. The monoisotopic (exact) mass is 372 g/mol. The van der Waals surface area contributed by atoms with Crippen LogP contribution in [0.4, 0.5) is 11.4 Å². The molecule has 1 aliphatic heterocycles. The van der Waals surface area contributed by atoms with E-state index in [1.165, 1.54) is 11.2 Å². The van der Waals surface area contributed by atoms with Gasteiger partial charge in [0.2, 0.25) is 15.9 Å². The van der Waals surface area contributed by atoms with E-state index in [4.69, 9.17) is 0 Å². The number of Topliss-reactive ketones (excluding diaryl/α,β-unsaturated/α-hetero) is 1. The van der Waals surface area contributed by atoms with Gasteiger partial charge in [0.1, 0.15) is 0 Å². The van der Waals surface area contributed by atoms with Crippen LogP contribution in [0.15, 0.2) is 48.5 Å². The van der Waals surface area contributed by atoms with Crippen LogP contribution in [0.3, 0.4) is 0 Å². The first-order chi connectivity index (χ1) is 12.4. The number of sulfonamides is 1. The van der Waals surface area contributed by atoms with Crippen LogP contribution in [-0.4, -0.2) is 32.4 Å². The van der Waals surface area contributed by atoms with E-state index >= 15 is 0 Å². The van der Waals surface area contributed by atoms with Gasteiger partial charge in [0.25, 0.3) is 0 Å². The number of nitrogens with zero attached hydrogens (tertiary/aromatic N) is 1. The third-order valence-corrected chi connectivity index (χ3v) is 6.11. The normalized spacial score (nSPS) is 13.3. The standard InChI is InChI=1S/C19H20N2O4S/c1-14(22)15-6-8-17(9-7-15)20-19(23)11-13-26(24,25)21-12-10-16-4-2-3-5-18(16)21/h2-9H,10-13H2,1H3,(H,20,23). The van der Waals surface area contributed by atoms with E-state index in [0.29, 0.717) is 29.9 Å². The minimum absolute atomic E-state index is 0.0557. The van der Waals surface area contributed by atoms with Crippen molar-refractivity contribution in [3.05, 3.63) is 59.7 Å². The van der Waals surface area contributed by atoms with Crippen LogP contribution in [-0.2, 0) is 21.2 Å². The Bertz CT molecular complexity index is 936. The summed E-state index contributed by atoms with van der Waals surface area (Å²) in [6.45, 7) is 1.88. The summed E-state index contributed by atoms with van der Waals surface area (Å²) < 4.78 is 26.5. The minimum atomic E-state index is -3.55. The zero-order chi connectivity index (χ0) is 18.7. The molecule has 3 rings (SSSR count). The van der Waals surface area contributed by atoms with Gasteiger partial charge in [-0.25, -0.2) is 8.42 Å². The molecular weight excluding hydrogens is 352 g/mol. The topological polar surface area (TPSA) is 83.5 Å². The molecular formula is C19H20N2O4S. The Morgan fingerprint density at radius 2 is 1.77 bits per heavy atom. The number of carbonyl (C=O) groups is 2. The largest absolute Gasteiger partial charge is 0.326 e. The molecule has 2 aromatic rings. The highest BCUT2D eigenvalue weighted by Crippen LogP contribution is 2.30. The van der Waals surface area contributed by atoms with E-state index < -0.39 is 10.0 Å². The molecule has 0 saturated carbocycles. The van der Waals surface area contributed by atoms with E-state index in [1.807, 2.05) is 18.2 Å². The van der Waals surface area contributed by atoms with E-state index in [-0.39, 0.29) is 23.9 Å². The molecule has 7 heteroatoms. The van der Waals surface area contributed by atoms with Gasteiger partial charge in [0, 0.05) is 24.2 Å². The summed E-state index contributed by atoms with van der Waals surface area (Å²) in [6, 6.07) is 13.9. The first-order valence-electron chi connectivity index (χ1n) is 8.36. The number of nitrogens with one attached hydrogen (secondary N) is 1. The third kappa shape index (κ3) is 3.94. The fraction of sp³-hybridized carbons (Fsp3) is 0.263. The van der Waals surface area contributed by atoms with Crippen molar-refractivity contribution in [2.75, 3.05) is 21.9 Å². The number of benzene rings is 2. The quantitative estimate of drug-likeness (QED) is 0.790. The molecule has 136 valence electrons. The first-order valence-corrected chi connectivity index (χ1v) is 9.97. The Morgan fingerprint density at radius 3 is 2.46 bits per heavy atom. The van der Waals surface area contributed by atoms with Crippen LogP contribution < -0.4 is 9.62 Å². The summed E-state index contributed by atoms with van der Waals surface area (Å²) in [5, 5.41) is 2.66. The van der Waals surface area contributed by atoms with Gasteiger partial charge >= 0.3 is 0 Å². The molecule has 1 N–H and O–H groups in total. The van der Waals surface area contributed by atoms with Gasteiger partial charge in [0.15, 0.2) is 5.78 Å². The van der Waals surface area contributed by atoms with Gasteiger partial charge in [-0.3, -0.25) is 13.9 Å². The van der Waals surface area contributed by atoms with E-state index in [2.05, 4.69) is 5.32 Å². The van der Waals surface area contributed by atoms with Crippen LogP contribution in [0.25, 0.3) is 0 Å². The number of hydrogen-bond acceptors (Lipinski definition) is 4. The Balaban J connectivity index is 1.59. The second-order valence-electron chi connectivity index (χ2n) is 6.20. The molecule has 0 radical (unpaired) electrons. The Morgan fingerprint density at radius 1 is 1.08 bits per heavy atom. The maximum absolute atomic E-state index is 12.6. The summed E-state index contributed by atoms with van der Waals surface area (Å²) in [7, 11) is -3.55. The predicted octanol–water partition coefficient (Wildman–Crippen LogP) is 2.61. The van der Waals surface area contributed by atoms with Gasteiger partial charge in [-0.15, -0.1) is 0 Å². The molecule has 0 atom stereocenters. The minimum Gasteiger partial charge on any atom is -0.326 e. The van der Waals surface area contributed by atoms with Crippen molar-refractivity contribution in [2.24, 2.45) is 0 Å². The number of fused-ring (bicyclic) bond motifs is 1. The molecule has 0 aromatic heterocycles. The zero-order valence-electron chi connectivity index (χ0n) is 14.4. The van der Waals surface area contributed by atoms with Crippen LogP contribution in [0, 0.1) is 0 Å². The van der Waals surface area contributed by atoms with Crippen LogP contribution >= 0.6 is 0 Å².